The molecule has 0 spiro atoms. The van der Waals surface area contributed by atoms with Crippen LogP contribution in [0.3, 0.4) is 0 Å². The molecule has 0 saturated heterocycles. The summed E-state index contributed by atoms with van der Waals surface area (Å²) in [5.41, 5.74) is 2.38. The van der Waals surface area contributed by atoms with E-state index in [0.29, 0.717) is 9.50 Å². The van der Waals surface area contributed by atoms with Gasteiger partial charge in [0, 0.05) is 15.1 Å². The predicted octanol–water partition coefficient (Wildman–Crippen LogP) is 2.73. The highest BCUT2D eigenvalue weighted by molar-refractivity contribution is 9.10. The first kappa shape index (κ1) is 16.0. The zero-order valence-electron chi connectivity index (χ0n) is 10.5. The summed E-state index contributed by atoms with van der Waals surface area (Å²) in [6, 6.07) is 12.3. The molecular weight excluding hydrogens is 380 g/mol. The van der Waals surface area contributed by atoms with Crippen LogP contribution in [0.15, 0.2) is 57.9 Å². The molecule has 0 fully saturated rings. The fraction of sp³-hybridized carbons (Fsp3) is 0. The third kappa shape index (κ3) is 4.28. The molecule has 0 heterocycles. The molecule has 0 saturated carbocycles. The summed E-state index contributed by atoms with van der Waals surface area (Å²) >= 11 is 8.95. The fourth-order valence-corrected chi connectivity index (χ4v) is 3.13. The van der Waals surface area contributed by atoms with Gasteiger partial charge in [0.15, 0.2) is 0 Å². The first-order chi connectivity index (χ1) is 9.88. The molecule has 0 aliphatic heterocycles. The largest absolute Gasteiger partial charge is 0.273 e. The van der Waals surface area contributed by atoms with Gasteiger partial charge in [0.2, 0.25) is 0 Å². The van der Waals surface area contributed by atoms with Crippen LogP contribution in [0, 0.1) is 0 Å². The van der Waals surface area contributed by atoms with Crippen LogP contribution in [0.1, 0.15) is 10.4 Å². The van der Waals surface area contributed by atoms with Crippen molar-refractivity contribution in [3.63, 3.8) is 0 Å². The highest BCUT2D eigenvalue weighted by Crippen LogP contribution is 2.15. The van der Waals surface area contributed by atoms with E-state index in [1.165, 1.54) is 24.3 Å². The van der Waals surface area contributed by atoms with E-state index in [1.54, 1.807) is 24.3 Å². The molecule has 0 bridgehead atoms. The Kier molecular flexibility index (Phi) is 5.00. The molecule has 2 rings (SSSR count). The van der Waals surface area contributed by atoms with E-state index in [4.69, 9.17) is 11.6 Å². The predicted molar refractivity (Wildman–Crippen MR) is 83.4 cm³/mol. The molecule has 110 valence electrons. The van der Waals surface area contributed by atoms with Crippen LogP contribution in [-0.4, -0.2) is 14.3 Å². The maximum absolute atomic E-state index is 12.0. The lowest BCUT2D eigenvalue weighted by Gasteiger charge is -2.09. The van der Waals surface area contributed by atoms with Crippen LogP contribution < -0.4 is 10.3 Å². The Balaban J connectivity index is 2.10. The number of amides is 1. The lowest BCUT2D eigenvalue weighted by Crippen LogP contribution is -2.41. The van der Waals surface area contributed by atoms with Gasteiger partial charge in [-0.15, -0.1) is 4.83 Å². The van der Waals surface area contributed by atoms with Crippen LogP contribution in [0.2, 0.25) is 5.02 Å². The molecule has 0 unspecified atom stereocenters. The molecule has 2 aromatic rings. The topological polar surface area (TPSA) is 75.3 Å². The van der Waals surface area contributed by atoms with E-state index < -0.39 is 15.9 Å². The van der Waals surface area contributed by atoms with Crippen molar-refractivity contribution in [1.29, 1.82) is 0 Å². The van der Waals surface area contributed by atoms with Crippen LogP contribution in [0.25, 0.3) is 0 Å². The number of hydrazine groups is 1. The molecule has 8 heteroatoms. The van der Waals surface area contributed by atoms with Gasteiger partial charge < -0.3 is 0 Å². The van der Waals surface area contributed by atoms with Crippen LogP contribution in [0.5, 0.6) is 0 Å². The second kappa shape index (κ2) is 6.57. The number of hydrogen-bond donors (Lipinski definition) is 2. The summed E-state index contributed by atoms with van der Waals surface area (Å²) in [4.78, 5) is 13.9. The second-order valence-corrected chi connectivity index (χ2v) is 7.06. The minimum atomic E-state index is -3.84. The van der Waals surface area contributed by atoms with E-state index in [9.17, 15) is 13.2 Å². The Morgan fingerprint density at radius 2 is 1.81 bits per heavy atom. The molecule has 0 aromatic heterocycles. The second-order valence-electron chi connectivity index (χ2n) is 4.03. The highest BCUT2D eigenvalue weighted by atomic mass is 79.9. The maximum Gasteiger partial charge on any atom is 0.266 e. The third-order valence-electron chi connectivity index (χ3n) is 2.49. The van der Waals surface area contributed by atoms with E-state index in [1.807, 2.05) is 4.83 Å². The first-order valence-electron chi connectivity index (χ1n) is 5.72. The molecular formula is C13H10BrClN2O3S. The Bertz CT molecular complexity index is 780. The normalized spacial score (nSPS) is 11.1. The summed E-state index contributed by atoms with van der Waals surface area (Å²) in [5.74, 6) is -0.601. The molecule has 0 aliphatic rings. The van der Waals surface area contributed by atoms with Crippen molar-refractivity contribution in [2.45, 2.75) is 4.90 Å². The smallest absolute Gasteiger partial charge is 0.266 e. The van der Waals surface area contributed by atoms with Gasteiger partial charge in [-0.1, -0.05) is 39.7 Å². The van der Waals surface area contributed by atoms with Gasteiger partial charge in [-0.25, -0.2) is 8.42 Å². The van der Waals surface area contributed by atoms with E-state index in [-0.39, 0.29) is 10.5 Å². The van der Waals surface area contributed by atoms with Crippen LogP contribution in [-0.2, 0) is 10.0 Å². The minimum absolute atomic E-state index is 0.0308. The number of halogens is 2. The quantitative estimate of drug-likeness (QED) is 0.790. The lowest BCUT2D eigenvalue weighted by molar-refractivity contribution is 0.0945. The molecule has 0 atom stereocenters. The Morgan fingerprint density at radius 3 is 2.48 bits per heavy atom. The monoisotopic (exact) mass is 388 g/mol. The molecule has 0 radical (unpaired) electrons. The van der Waals surface area contributed by atoms with E-state index in [0.717, 1.165) is 0 Å². The Hall–Kier alpha value is -1.41. The summed E-state index contributed by atoms with van der Waals surface area (Å²) in [6.07, 6.45) is 0. The maximum atomic E-state index is 12.0. The van der Waals surface area contributed by atoms with Gasteiger partial charge in [0.05, 0.1) is 4.90 Å². The van der Waals surface area contributed by atoms with Crippen LogP contribution >= 0.6 is 27.5 Å². The van der Waals surface area contributed by atoms with Crippen molar-refractivity contribution in [3.05, 3.63) is 63.6 Å². The molecule has 2 aromatic carbocycles. The van der Waals surface area contributed by atoms with Gasteiger partial charge in [-0.05, 0) is 36.4 Å². The van der Waals surface area contributed by atoms with Gasteiger partial charge in [-0.2, -0.15) is 0 Å². The SMILES string of the molecule is O=C(NNS(=O)(=O)c1cccc(Br)c1)c1cccc(Cl)c1. The van der Waals surface area contributed by atoms with Crippen LogP contribution in [0.4, 0.5) is 0 Å². The van der Waals surface area contributed by atoms with Gasteiger partial charge in [0.25, 0.3) is 15.9 Å². The molecule has 0 aliphatic carbocycles. The third-order valence-corrected chi connectivity index (χ3v) is 4.47. The molecule has 5 nitrogen and oxygen atoms in total. The van der Waals surface area contributed by atoms with Gasteiger partial charge >= 0.3 is 0 Å². The van der Waals surface area contributed by atoms with E-state index >= 15 is 0 Å². The molecule has 1 amide bonds. The highest BCUT2D eigenvalue weighted by Gasteiger charge is 2.16. The number of nitrogens with one attached hydrogen (secondary N) is 2. The zero-order chi connectivity index (χ0) is 15.5. The Labute approximate surface area is 135 Å². The van der Waals surface area contributed by atoms with Crippen molar-refractivity contribution in [3.8, 4) is 0 Å². The fourth-order valence-electron chi connectivity index (χ4n) is 1.51. The summed E-state index contributed by atoms with van der Waals surface area (Å²) in [7, 11) is -3.84. The van der Waals surface area contributed by atoms with E-state index in [2.05, 4.69) is 21.4 Å². The summed E-state index contributed by atoms with van der Waals surface area (Å²) in [5, 5.41) is 0.387. The van der Waals surface area contributed by atoms with Gasteiger partial charge in [-0.3, -0.25) is 10.2 Å². The summed E-state index contributed by atoms with van der Waals surface area (Å²) < 4.78 is 24.6. The Morgan fingerprint density at radius 1 is 1.10 bits per heavy atom. The average molecular weight is 390 g/mol. The summed E-state index contributed by atoms with van der Waals surface area (Å²) in [6.45, 7) is 0. The van der Waals surface area contributed by atoms with Gasteiger partial charge in [0.1, 0.15) is 0 Å². The molecule has 2 N–H and O–H groups in total. The minimum Gasteiger partial charge on any atom is -0.273 e. The van der Waals surface area contributed by atoms with Crippen molar-refractivity contribution >= 4 is 43.5 Å². The lowest BCUT2D eigenvalue weighted by atomic mass is 10.2. The number of hydrogen-bond acceptors (Lipinski definition) is 3. The average Bonchev–Trinajstić information content (AvgIpc) is 2.45. The number of sulfonamides is 1. The standard InChI is InChI=1S/C13H10BrClN2O3S/c14-10-4-2-6-12(8-10)21(19,20)17-16-13(18)9-3-1-5-11(15)7-9/h1-8,17H,(H,16,18). The van der Waals surface area contributed by atoms with Crippen molar-refractivity contribution in [1.82, 2.24) is 10.3 Å². The number of carbonyl (C=O) groups is 1. The molecule has 21 heavy (non-hydrogen) atoms. The first-order valence-corrected chi connectivity index (χ1v) is 8.37. The van der Waals surface area contributed by atoms with Crippen molar-refractivity contribution < 1.29 is 13.2 Å². The zero-order valence-corrected chi connectivity index (χ0v) is 13.7. The van der Waals surface area contributed by atoms with Crippen molar-refractivity contribution in [2.75, 3.05) is 0 Å². The number of rotatable bonds is 4. The van der Waals surface area contributed by atoms with Crippen molar-refractivity contribution in [2.24, 2.45) is 0 Å². The number of benzene rings is 2. The number of carbonyl (C=O) groups excluding carboxylic acids is 1.